The van der Waals surface area contributed by atoms with Crippen molar-refractivity contribution >= 4 is 10.9 Å². The smallest absolute Gasteiger partial charge is 0.277 e. The third-order valence-electron chi connectivity index (χ3n) is 3.26. The van der Waals surface area contributed by atoms with Crippen LogP contribution in [-0.2, 0) is 6.54 Å². The van der Waals surface area contributed by atoms with Gasteiger partial charge in [-0.1, -0.05) is 31.2 Å². The topological polar surface area (TPSA) is 59.8 Å². The molecule has 1 N–H and O–H groups in total. The van der Waals surface area contributed by atoms with Gasteiger partial charge in [0.15, 0.2) is 0 Å². The second-order valence-corrected chi connectivity index (χ2v) is 5.42. The Morgan fingerprint density at radius 2 is 2.05 bits per heavy atom. The quantitative estimate of drug-likeness (QED) is 0.782. The maximum Gasteiger partial charge on any atom is 0.277 e. The molecule has 0 radical (unpaired) electrons. The summed E-state index contributed by atoms with van der Waals surface area (Å²) in [4.78, 5) is 12.2. The SMILES string of the molecule is CC(C)CCCNCCn1nnc2ccccc2c1=O. The first-order valence-electron chi connectivity index (χ1n) is 7.21. The van der Waals surface area contributed by atoms with E-state index < -0.39 is 0 Å². The minimum Gasteiger partial charge on any atom is -0.315 e. The van der Waals surface area contributed by atoms with E-state index in [9.17, 15) is 4.79 Å². The fourth-order valence-electron chi connectivity index (χ4n) is 2.12. The molecule has 2 rings (SSSR count). The number of aromatic nitrogens is 3. The molecule has 0 atom stereocenters. The number of benzene rings is 1. The molecule has 1 aromatic heterocycles. The lowest BCUT2D eigenvalue weighted by Crippen LogP contribution is -2.30. The van der Waals surface area contributed by atoms with Gasteiger partial charge in [-0.05, 0) is 37.4 Å². The summed E-state index contributed by atoms with van der Waals surface area (Å²) >= 11 is 0. The fraction of sp³-hybridized carbons (Fsp3) is 0.533. The maximum absolute atomic E-state index is 12.2. The highest BCUT2D eigenvalue weighted by Crippen LogP contribution is 2.03. The standard InChI is InChI=1S/C15H22N4O/c1-12(2)6-5-9-16-10-11-19-15(20)13-7-3-4-8-14(13)17-18-19/h3-4,7-8,12,16H,5-6,9-11H2,1-2H3. The van der Waals surface area contributed by atoms with Crippen LogP contribution in [0.15, 0.2) is 29.1 Å². The molecule has 1 aromatic carbocycles. The van der Waals surface area contributed by atoms with Gasteiger partial charge in [-0.2, -0.15) is 0 Å². The zero-order chi connectivity index (χ0) is 14.4. The van der Waals surface area contributed by atoms with Crippen LogP contribution in [0.5, 0.6) is 0 Å². The number of nitrogens with one attached hydrogen (secondary N) is 1. The average Bonchev–Trinajstić information content (AvgIpc) is 2.45. The summed E-state index contributed by atoms with van der Waals surface area (Å²) in [6, 6.07) is 7.30. The molecule has 5 nitrogen and oxygen atoms in total. The minimum absolute atomic E-state index is 0.0698. The van der Waals surface area contributed by atoms with Crippen LogP contribution in [0.2, 0.25) is 0 Å². The van der Waals surface area contributed by atoms with Gasteiger partial charge in [-0.25, -0.2) is 4.68 Å². The van der Waals surface area contributed by atoms with Crippen molar-refractivity contribution in [3.05, 3.63) is 34.6 Å². The lowest BCUT2D eigenvalue weighted by Gasteiger charge is -2.07. The number of nitrogens with zero attached hydrogens (tertiary/aromatic N) is 3. The highest BCUT2D eigenvalue weighted by molar-refractivity contribution is 5.76. The van der Waals surface area contributed by atoms with Crippen molar-refractivity contribution in [1.29, 1.82) is 0 Å². The molecule has 0 saturated heterocycles. The first-order valence-corrected chi connectivity index (χ1v) is 7.21. The Bertz CT molecular complexity index is 606. The van der Waals surface area contributed by atoms with E-state index in [2.05, 4.69) is 29.5 Å². The first kappa shape index (κ1) is 14.7. The number of hydrogen-bond acceptors (Lipinski definition) is 4. The van der Waals surface area contributed by atoms with Gasteiger partial charge in [0.2, 0.25) is 0 Å². The van der Waals surface area contributed by atoms with Crippen LogP contribution in [0.3, 0.4) is 0 Å². The third kappa shape index (κ3) is 3.87. The Balaban J connectivity index is 1.87. The van der Waals surface area contributed by atoms with Crippen LogP contribution in [0.25, 0.3) is 10.9 Å². The Morgan fingerprint density at radius 1 is 1.25 bits per heavy atom. The Morgan fingerprint density at radius 3 is 2.85 bits per heavy atom. The van der Waals surface area contributed by atoms with E-state index in [0.717, 1.165) is 25.4 Å². The van der Waals surface area contributed by atoms with Gasteiger partial charge in [0.25, 0.3) is 5.56 Å². The molecular formula is C15H22N4O. The predicted molar refractivity (Wildman–Crippen MR) is 80.7 cm³/mol. The number of hydrogen-bond donors (Lipinski definition) is 1. The van der Waals surface area contributed by atoms with Gasteiger partial charge in [0, 0.05) is 6.54 Å². The average molecular weight is 274 g/mol. The largest absolute Gasteiger partial charge is 0.315 e. The van der Waals surface area contributed by atoms with Crippen molar-refractivity contribution in [2.45, 2.75) is 33.2 Å². The molecule has 0 amide bonds. The minimum atomic E-state index is -0.0698. The molecule has 0 aliphatic rings. The zero-order valence-corrected chi connectivity index (χ0v) is 12.2. The molecule has 1 heterocycles. The van der Waals surface area contributed by atoms with Crippen molar-refractivity contribution in [2.75, 3.05) is 13.1 Å². The molecule has 0 unspecified atom stereocenters. The molecule has 5 heteroatoms. The molecule has 0 saturated carbocycles. The van der Waals surface area contributed by atoms with E-state index in [4.69, 9.17) is 0 Å². The summed E-state index contributed by atoms with van der Waals surface area (Å²) in [6.07, 6.45) is 2.39. The summed E-state index contributed by atoms with van der Waals surface area (Å²) in [6.45, 7) is 6.73. The lowest BCUT2D eigenvalue weighted by molar-refractivity contribution is 0.487. The number of fused-ring (bicyclic) bond motifs is 1. The fourth-order valence-corrected chi connectivity index (χ4v) is 2.12. The molecule has 0 spiro atoms. The van der Waals surface area contributed by atoms with Crippen molar-refractivity contribution in [1.82, 2.24) is 20.3 Å². The van der Waals surface area contributed by atoms with Crippen molar-refractivity contribution in [3.8, 4) is 0 Å². The van der Waals surface area contributed by atoms with Crippen molar-refractivity contribution < 1.29 is 0 Å². The summed E-state index contributed by atoms with van der Waals surface area (Å²) in [7, 11) is 0. The van der Waals surface area contributed by atoms with Crippen molar-refractivity contribution in [2.24, 2.45) is 5.92 Å². The van der Waals surface area contributed by atoms with Crippen LogP contribution in [-0.4, -0.2) is 28.1 Å². The van der Waals surface area contributed by atoms with Crippen LogP contribution in [0, 0.1) is 5.92 Å². The Hall–Kier alpha value is -1.75. The van der Waals surface area contributed by atoms with E-state index in [1.54, 1.807) is 12.1 Å². The van der Waals surface area contributed by atoms with Gasteiger partial charge < -0.3 is 5.32 Å². The van der Waals surface area contributed by atoms with Gasteiger partial charge in [0.1, 0.15) is 5.52 Å². The normalized spacial score (nSPS) is 11.3. The van der Waals surface area contributed by atoms with Crippen LogP contribution >= 0.6 is 0 Å². The second kappa shape index (κ2) is 7.14. The Labute approximate surface area is 119 Å². The van der Waals surface area contributed by atoms with Crippen LogP contribution in [0.4, 0.5) is 0 Å². The highest BCUT2D eigenvalue weighted by Gasteiger charge is 2.04. The third-order valence-corrected chi connectivity index (χ3v) is 3.26. The van der Waals surface area contributed by atoms with E-state index in [0.29, 0.717) is 17.4 Å². The summed E-state index contributed by atoms with van der Waals surface area (Å²) in [5, 5.41) is 12.0. The predicted octanol–water partition coefficient (Wildman–Crippen LogP) is 1.82. The summed E-state index contributed by atoms with van der Waals surface area (Å²) < 4.78 is 1.43. The second-order valence-electron chi connectivity index (χ2n) is 5.42. The molecule has 0 aliphatic heterocycles. The van der Waals surface area contributed by atoms with E-state index in [1.165, 1.54) is 11.1 Å². The zero-order valence-electron chi connectivity index (χ0n) is 12.2. The molecule has 0 fully saturated rings. The van der Waals surface area contributed by atoms with Gasteiger partial charge in [0.05, 0.1) is 11.9 Å². The van der Waals surface area contributed by atoms with E-state index >= 15 is 0 Å². The van der Waals surface area contributed by atoms with E-state index in [-0.39, 0.29) is 5.56 Å². The van der Waals surface area contributed by atoms with Crippen molar-refractivity contribution in [3.63, 3.8) is 0 Å². The molecule has 0 aliphatic carbocycles. The Kier molecular flexibility index (Phi) is 5.24. The van der Waals surface area contributed by atoms with Crippen LogP contribution < -0.4 is 10.9 Å². The van der Waals surface area contributed by atoms with Gasteiger partial charge in [-0.3, -0.25) is 4.79 Å². The molecule has 0 bridgehead atoms. The first-order chi connectivity index (χ1) is 9.68. The molecule has 20 heavy (non-hydrogen) atoms. The number of rotatable bonds is 7. The molecular weight excluding hydrogens is 252 g/mol. The molecule has 2 aromatic rings. The van der Waals surface area contributed by atoms with Crippen LogP contribution in [0.1, 0.15) is 26.7 Å². The van der Waals surface area contributed by atoms with Gasteiger partial charge >= 0.3 is 0 Å². The summed E-state index contributed by atoms with van der Waals surface area (Å²) in [5.41, 5.74) is 0.582. The van der Waals surface area contributed by atoms with Gasteiger partial charge in [-0.15, -0.1) is 5.10 Å². The lowest BCUT2D eigenvalue weighted by atomic mass is 10.1. The van der Waals surface area contributed by atoms with E-state index in [1.807, 2.05) is 12.1 Å². The maximum atomic E-state index is 12.2. The monoisotopic (exact) mass is 274 g/mol. The molecule has 108 valence electrons. The highest BCUT2D eigenvalue weighted by atomic mass is 16.1. The summed E-state index contributed by atoms with van der Waals surface area (Å²) in [5.74, 6) is 0.741.